The molecule has 0 aromatic heterocycles. The molecule has 1 aromatic carbocycles. The van der Waals surface area contributed by atoms with Crippen LogP contribution < -0.4 is 24.7 Å². The van der Waals surface area contributed by atoms with Crippen LogP contribution in [0.5, 0.6) is 23.0 Å². The van der Waals surface area contributed by atoms with Crippen molar-refractivity contribution in [1.82, 2.24) is 0 Å². The molecular formula is C14H21NO6. The lowest BCUT2D eigenvalue weighted by molar-refractivity contribution is -0.142. The number of hydrogen-bond donors (Lipinski definition) is 1. The fourth-order valence-corrected chi connectivity index (χ4v) is 1.71. The molecule has 0 aliphatic carbocycles. The molecule has 0 saturated carbocycles. The predicted molar refractivity (Wildman–Crippen MR) is 76.2 cm³/mol. The Morgan fingerprint density at radius 1 is 1.10 bits per heavy atom. The zero-order valence-electron chi connectivity index (χ0n) is 12.7. The molecule has 0 aliphatic rings. The second-order valence-electron chi connectivity index (χ2n) is 4.13. The van der Waals surface area contributed by atoms with Crippen LogP contribution in [-0.4, -0.2) is 47.1 Å². The summed E-state index contributed by atoms with van der Waals surface area (Å²) in [5.41, 5.74) is 5.63. The molecule has 7 heteroatoms. The van der Waals surface area contributed by atoms with E-state index in [2.05, 4.69) is 4.74 Å². The van der Waals surface area contributed by atoms with Crippen LogP contribution in [-0.2, 0) is 9.53 Å². The summed E-state index contributed by atoms with van der Waals surface area (Å²) in [4.78, 5) is 11.2. The largest absolute Gasteiger partial charge is 0.493 e. The third kappa shape index (κ3) is 4.42. The molecule has 21 heavy (non-hydrogen) atoms. The molecule has 1 aromatic rings. The minimum atomic E-state index is -0.711. The summed E-state index contributed by atoms with van der Waals surface area (Å²) in [5.74, 6) is 1.52. The van der Waals surface area contributed by atoms with Crippen molar-refractivity contribution < 1.29 is 28.5 Å². The van der Waals surface area contributed by atoms with E-state index >= 15 is 0 Å². The van der Waals surface area contributed by atoms with Gasteiger partial charge in [0.2, 0.25) is 5.75 Å². The molecule has 0 amide bonds. The van der Waals surface area contributed by atoms with E-state index in [4.69, 9.17) is 24.7 Å². The summed E-state index contributed by atoms with van der Waals surface area (Å²) in [5, 5.41) is 0. The molecule has 0 fully saturated rings. The second-order valence-corrected chi connectivity index (χ2v) is 4.13. The van der Waals surface area contributed by atoms with Crippen LogP contribution in [0.1, 0.15) is 6.42 Å². The molecule has 1 atom stereocenters. The lowest BCUT2D eigenvalue weighted by Gasteiger charge is -2.15. The van der Waals surface area contributed by atoms with Gasteiger partial charge in [0.15, 0.2) is 11.5 Å². The van der Waals surface area contributed by atoms with Crippen LogP contribution >= 0.6 is 0 Å². The van der Waals surface area contributed by atoms with Crippen LogP contribution in [0.25, 0.3) is 0 Å². The van der Waals surface area contributed by atoms with Gasteiger partial charge in [0, 0.05) is 18.6 Å². The standard InChI is InChI=1S/C14H21NO6/c1-17-11-7-9(8-12(18-2)13(11)19-3)21-6-5-10(15)14(16)20-4/h7-8,10H,5-6,15H2,1-4H3. The fraction of sp³-hybridized carbons (Fsp3) is 0.500. The topological polar surface area (TPSA) is 89.2 Å². The van der Waals surface area contributed by atoms with Gasteiger partial charge in [-0.05, 0) is 0 Å². The van der Waals surface area contributed by atoms with Crippen LogP contribution in [0.4, 0.5) is 0 Å². The maximum absolute atomic E-state index is 11.2. The number of ether oxygens (including phenoxy) is 5. The van der Waals surface area contributed by atoms with Gasteiger partial charge in [-0.15, -0.1) is 0 Å². The number of benzene rings is 1. The summed E-state index contributed by atoms with van der Waals surface area (Å²) in [6.07, 6.45) is 0.337. The second kappa shape index (κ2) is 8.21. The van der Waals surface area contributed by atoms with Gasteiger partial charge in [-0.25, -0.2) is 0 Å². The van der Waals surface area contributed by atoms with Gasteiger partial charge < -0.3 is 29.4 Å². The van der Waals surface area contributed by atoms with Crippen LogP contribution in [0, 0.1) is 0 Å². The zero-order valence-corrected chi connectivity index (χ0v) is 12.7. The highest BCUT2D eigenvalue weighted by Gasteiger charge is 2.16. The summed E-state index contributed by atoms with van der Waals surface area (Å²) in [6.45, 7) is 0.259. The SMILES string of the molecule is COC(=O)C(N)CCOc1cc(OC)c(OC)c(OC)c1. The average Bonchev–Trinajstić information content (AvgIpc) is 2.52. The third-order valence-electron chi connectivity index (χ3n) is 2.84. The summed E-state index contributed by atoms with van der Waals surface area (Å²) >= 11 is 0. The van der Waals surface area contributed by atoms with Gasteiger partial charge in [-0.2, -0.15) is 0 Å². The van der Waals surface area contributed by atoms with Gasteiger partial charge in [-0.1, -0.05) is 0 Å². The third-order valence-corrected chi connectivity index (χ3v) is 2.84. The monoisotopic (exact) mass is 299 g/mol. The highest BCUT2D eigenvalue weighted by Crippen LogP contribution is 2.40. The van der Waals surface area contributed by atoms with E-state index < -0.39 is 12.0 Å². The Hall–Kier alpha value is -2.15. The van der Waals surface area contributed by atoms with E-state index in [9.17, 15) is 4.79 Å². The van der Waals surface area contributed by atoms with Gasteiger partial charge in [-0.3, -0.25) is 4.79 Å². The van der Waals surface area contributed by atoms with Crippen molar-refractivity contribution in [3.05, 3.63) is 12.1 Å². The lowest BCUT2D eigenvalue weighted by atomic mass is 10.2. The Morgan fingerprint density at radius 2 is 1.67 bits per heavy atom. The highest BCUT2D eigenvalue weighted by atomic mass is 16.5. The number of carbonyl (C=O) groups is 1. The Labute approximate surface area is 123 Å². The van der Waals surface area contributed by atoms with Crippen molar-refractivity contribution in [2.45, 2.75) is 12.5 Å². The first-order chi connectivity index (χ1) is 10.1. The first-order valence-corrected chi connectivity index (χ1v) is 6.33. The minimum absolute atomic E-state index is 0.259. The van der Waals surface area contributed by atoms with Gasteiger partial charge >= 0.3 is 5.97 Å². The molecule has 1 unspecified atom stereocenters. The summed E-state index contributed by atoms with van der Waals surface area (Å²) in [6, 6.07) is 2.63. The maximum Gasteiger partial charge on any atom is 0.322 e. The van der Waals surface area contributed by atoms with E-state index in [0.717, 1.165) is 0 Å². The van der Waals surface area contributed by atoms with E-state index in [1.54, 1.807) is 12.1 Å². The minimum Gasteiger partial charge on any atom is -0.493 e. The summed E-state index contributed by atoms with van der Waals surface area (Å²) in [7, 11) is 5.86. The predicted octanol–water partition coefficient (Wildman–Crippen LogP) is 0.982. The zero-order chi connectivity index (χ0) is 15.8. The molecule has 0 saturated heterocycles. The molecule has 7 nitrogen and oxygen atoms in total. The highest BCUT2D eigenvalue weighted by molar-refractivity contribution is 5.75. The first-order valence-electron chi connectivity index (χ1n) is 6.33. The average molecular weight is 299 g/mol. The fourth-order valence-electron chi connectivity index (χ4n) is 1.71. The Bertz CT molecular complexity index is 452. The number of rotatable bonds is 8. The number of carbonyl (C=O) groups excluding carboxylic acids is 1. The molecule has 2 N–H and O–H groups in total. The van der Waals surface area contributed by atoms with Crippen molar-refractivity contribution in [3.8, 4) is 23.0 Å². The smallest absolute Gasteiger partial charge is 0.322 e. The van der Waals surface area contributed by atoms with Gasteiger partial charge in [0.05, 0.1) is 35.0 Å². The Kier molecular flexibility index (Phi) is 6.61. The molecule has 0 spiro atoms. The van der Waals surface area contributed by atoms with Crippen molar-refractivity contribution in [2.75, 3.05) is 35.0 Å². The van der Waals surface area contributed by atoms with Crippen molar-refractivity contribution in [1.29, 1.82) is 0 Å². The first kappa shape index (κ1) is 16.9. The lowest BCUT2D eigenvalue weighted by Crippen LogP contribution is -2.33. The quantitative estimate of drug-likeness (QED) is 0.716. The van der Waals surface area contributed by atoms with E-state index in [1.807, 2.05) is 0 Å². The normalized spacial score (nSPS) is 11.5. The van der Waals surface area contributed by atoms with Crippen LogP contribution in [0.2, 0.25) is 0 Å². The van der Waals surface area contributed by atoms with Crippen molar-refractivity contribution in [3.63, 3.8) is 0 Å². The van der Waals surface area contributed by atoms with Gasteiger partial charge in [0.1, 0.15) is 11.8 Å². The molecule has 118 valence electrons. The molecule has 1 rings (SSSR count). The Morgan fingerprint density at radius 3 is 2.10 bits per heavy atom. The summed E-state index contributed by atoms with van der Waals surface area (Å²) < 4.78 is 25.7. The molecule has 0 heterocycles. The van der Waals surface area contributed by atoms with Gasteiger partial charge in [0.25, 0.3) is 0 Å². The van der Waals surface area contributed by atoms with Crippen LogP contribution in [0.3, 0.4) is 0 Å². The van der Waals surface area contributed by atoms with E-state index in [1.165, 1.54) is 28.4 Å². The molecule has 0 aliphatic heterocycles. The number of esters is 1. The maximum atomic E-state index is 11.2. The number of hydrogen-bond acceptors (Lipinski definition) is 7. The number of nitrogens with two attached hydrogens (primary N) is 1. The van der Waals surface area contributed by atoms with Crippen molar-refractivity contribution >= 4 is 5.97 Å². The van der Waals surface area contributed by atoms with Crippen LogP contribution in [0.15, 0.2) is 12.1 Å². The van der Waals surface area contributed by atoms with E-state index in [0.29, 0.717) is 29.4 Å². The molecule has 0 bridgehead atoms. The van der Waals surface area contributed by atoms with Crippen molar-refractivity contribution in [2.24, 2.45) is 5.73 Å². The number of methoxy groups -OCH3 is 4. The Balaban J connectivity index is 2.73. The van der Waals surface area contributed by atoms with E-state index in [-0.39, 0.29) is 6.61 Å². The molecular weight excluding hydrogens is 278 g/mol. The molecule has 0 radical (unpaired) electrons.